The minimum absolute atomic E-state index is 0.0467. The van der Waals surface area contributed by atoms with Gasteiger partial charge in [-0.3, -0.25) is 9.10 Å². The highest BCUT2D eigenvalue weighted by molar-refractivity contribution is 7.92. The number of nitrogens with zero attached hydrogens (tertiary/aromatic N) is 2. The van der Waals surface area contributed by atoms with E-state index >= 15 is 0 Å². The molecule has 1 fully saturated rings. The van der Waals surface area contributed by atoms with Crippen LogP contribution < -0.4 is 14.4 Å². The maximum atomic E-state index is 13.0. The molecule has 1 amide bonds. The molecule has 1 aliphatic heterocycles. The molecule has 0 aliphatic carbocycles. The smallest absolute Gasteiger partial charge is 0.244 e. The summed E-state index contributed by atoms with van der Waals surface area (Å²) in [6.45, 7) is 3.59. The van der Waals surface area contributed by atoms with Crippen LogP contribution in [0.25, 0.3) is 0 Å². The van der Waals surface area contributed by atoms with E-state index in [0.29, 0.717) is 17.2 Å². The zero-order chi connectivity index (χ0) is 20.2. The molecule has 1 N–H and O–H groups in total. The standard InChI is InChI=1S/C18H28ClN3O4S/c1-5-15(18(23)20-14-8-10-21(2)11-9-14)22(27(4,24)25)16-12-13(19)6-7-17(16)26-3/h6-7,12,14-15H,5,8-11H2,1-4H3,(H,20,23)/t15-/m0/s1. The normalized spacial score (nSPS) is 17.4. The topological polar surface area (TPSA) is 79.0 Å². The van der Waals surface area contributed by atoms with Gasteiger partial charge >= 0.3 is 0 Å². The average Bonchev–Trinajstić information content (AvgIpc) is 2.60. The lowest BCUT2D eigenvalue weighted by atomic mass is 10.0. The number of piperidine rings is 1. The molecule has 0 radical (unpaired) electrons. The summed E-state index contributed by atoms with van der Waals surface area (Å²) in [5, 5.41) is 3.39. The summed E-state index contributed by atoms with van der Waals surface area (Å²) in [4.78, 5) is 15.2. The van der Waals surface area contributed by atoms with Gasteiger partial charge in [-0.1, -0.05) is 18.5 Å². The number of methoxy groups -OCH3 is 1. The highest BCUT2D eigenvalue weighted by Crippen LogP contribution is 2.34. The summed E-state index contributed by atoms with van der Waals surface area (Å²) in [6, 6.07) is 3.88. The van der Waals surface area contributed by atoms with Gasteiger partial charge in [-0.25, -0.2) is 8.42 Å². The summed E-state index contributed by atoms with van der Waals surface area (Å²) in [5.74, 6) is 0.0369. The Hall–Kier alpha value is -1.51. The van der Waals surface area contributed by atoms with E-state index < -0.39 is 16.1 Å². The van der Waals surface area contributed by atoms with Crippen LogP contribution in [0.1, 0.15) is 26.2 Å². The number of benzene rings is 1. The molecular formula is C18H28ClN3O4S. The molecule has 1 heterocycles. The van der Waals surface area contributed by atoms with E-state index in [-0.39, 0.29) is 17.6 Å². The average molecular weight is 418 g/mol. The first kappa shape index (κ1) is 21.8. The van der Waals surface area contributed by atoms with Gasteiger partial charge in [0.05, 0.1) is 19.1 Å². The lowest BCUT2D eigenvalue weighted by molar-refractivity contribution is -0.123. The fourth-order valence-electron chi connectivity index (χ4n) is 3.32. The van der Waals surface area contributed by atoms with Crippen molar-refractivity contribution in [2.75, 3.05) is 37.8 Å². The van der Waals surface area contributed by atoms with Crippen molar-refractivity contribution in [2.45, 2.75) is 38.3 Å². The van der Waals surface area contributed by atoms with E-state index in [9.17, 15) is 13.2 Å². The number of likely N-dealkylation sites (tertiary alicyclic amines) is 1. The second-order valence-electron chi connectivity index (χ2n) is 6.89. The molecule has 0 spiro atoms. The zero-order valence-corrected chi connectivity index (χ0v) is 17.8. The molecule has 1 aromatic carbocycles. The third kappa shape index (κ3) is 5.49. The van der Waals surface area contributed by atoms with Crippen molar-refractivity contribution in [1.82, 2.24) is 10.2 Å². The molecule has 152 valence electrons. The van der Waals surface area contributed by atoms with Gasteiger partial charge in [0.1, 0.15) is 11.8 Å². The summed E-state index contributed by atoms with van der Waals surface area (Å²) >= 11 is 6.08. The Morgan fingerprint density at radius 2 is 2.04 bits per heavy atom. The first-order valence-corrected chi connectivity index (χ1v) is 11.2. The van der Waals surface area contributed by atoms with Crippen molar-refractivity contribution >= 4 is 33.2 Å². The van der Waals surface area contributed by atoms with Crippen LogP contribution in [0, 0.1) is 0 Å². The fourth-order valence-corrected chi connectivity index (χ4v) is 4.69. The molecule has 1 saturated heterocycles. The number of amides is 1. The number of halogens is 1. The Bertz CT molecular complexity index is 764. The third-order valence-corrected chi connectivity index (χ3v) is 6.17. The number of anilines is 1. The number of rotatable bonds is 7. The van der Waals surface area contributed by atoms with E-state index in [1.807, 2.05) is 7.05 Å². The number of hydrogen-bond acceptors (Lipinski definition) is 5. The van der Waals surface area contributed by atoms with Crippen LogP contribution in [0.5, 0.6) is 5.75 Å². The Balaban J connectivity index is 2.34. The molecule has 0 aromatic heterocycles. The number of nitrogens with one attached hydrogen (secondary N) is 1. The molecule has 0 bridgehead atoms. The van der Waals surface area contributed by atoms with Crippen molar-refractivity contribution in [2.24, 2.45) is 0 Å². The van der Waals surface area contributed by atoms with Gasteiger partial charge in [-0.2, -0.15) is 0 Å². The molecule has 1 aromatic rings. The fraction of sp³-hybridized carbons (Fsp3) is 0.611. The predicted molar refractivity (Wildman–Crippen MR) is 108 cm³/mol. The van der Waals surface area contributed by atoms with Gasteiger partial charge in [-0.15, -0.1) is 0 Å². The quantitative estimate of drug-likeness (QED) is 0.735. The van der Waals surface area contributed by atoms with Gasteiger partial charge in [0.2, 0.25) is 15.9 Å². The number of ether oxygens (including phenoxy) is 1. The molecule has 9 heteroatoms. The largest absolute Gasteiger partial charge is 0.495 e. The van der Waals surface area contributed by atoms with E-state index in [4.69, 9.17) is 16.3 Å². The molecule has 0 saturated carbocycles. The molecule has 0 unspecified atom stereocenters. The van der Waals surface area contributed by atoms with E-state index in [0.717, 1.165) is 36.5 Å². The lowest BCUT2D eigenvalue weighted by Crippen LogP contribution is -2.53. The molecule has 27 heavy (non-hydrogen) atoms. The van der Waals surface area contributed by atoms with Crippen molar-refractivity contribution < 1.29 is 17.9 Å². The number of carbonyl (C=O) groups is 1. The van der Waals surface area contributed by atoms with E-state index in [1.54, 1.807) is 19.1 Å². The predicted octanol–water partition coefficient (Wildman–Crippen LogP) is 2.10. The van der Waals surface area contributed by atoms with Crippen molar-refractivity contribution in [3.63, 3.8) is 0 Å². The minimum atomic E-state index is -3.75. The first-order valence-electron chi connectivity index (χ1n) is 8.99. The number of hydrogen-bond donors (Lipinski definition) is 1. The van der Waals surface area contributed by atoms with Crippen molar-refractivity contribution in [1.29, 1.82) is 0 Å². The van der Waals surface area contributed by atoms with Crippen LogP contribution in [0.2, 0.25) is 5.02 Å². The Morgan fingerprint density at radius 3 is 2.56 bits per heavy atom. The van der Waals surface area contributed by atoms with Crippen LogP contribution in [0.4, 0.5) is 5.69 Å². The monoisotopic (exact) mass is 417 g/mol. The van der Waals surface area contributed by atoms with Gasteiger partial charge in [0.25, 0.3) is 0 Å². The van der Waals surface area contributed by atoms with Gasteiger partial charge in [0.15, 0.2) is 0 Å². The van der Waals surface area contributed by atoms with Gasteiger partial charge in [-0.05, 0) is 57.6 Å². The van der Waals surface area contributed by atoms with E-state index in [2.05, 4.69) is 10.2 Å². The molecule has 2 rings (SSSR count). The second kappa shape index (κ2) is 9.12. The summed E-state index contributed by atoms with van der Waals surface area (Å²) in [6.07, 6.45) is 3.09. The maximum Gasteiger partial charge on any atom is 0.244 e. The van der Waals surface area contributed by atoms with Gasteiger partial charge in [0, 0.05) is 11.1 Å². The molecule has 1 aliphatic rings. The molecule has 1 atom stereocenters. The summed E-state index contributed by atoms with van der Waals surface area (Å²) in [5.41, 5.74) is 0.262. The Kier molecular flexibility index (Phi) is 7.36. The van der Waals surface area contributed by atoms with Crippen LogP contribution in [0.15, 0.2) is 18.2 Å². The maximum absolute atomic E-state index is 13.0. The summed E-state index contributed by atoms with van der Waals surface area (Å²) < 4.78 is 31.6. The van der Waals surface area contributed by atoms with Crippen molar-refractivity contribution in [3.05, 3.63) is 23.2 Å². The minimum Gasteiger partial charge on any atom is -0.495 e. The van der Waals surface area contributed by atoms with Crippen molar-refractivity contribution in [3.8, 4) is 5.75 Å². The number of carbonyl (C=O) groups excluding carboxylic acids is 1. The van der Waals surface area contributed by atoms with Crippen LogP contribution in [-0.4, -0.2) is 64.8 Å². The highest BCUT2D eigenvalue weighted by Gasteiger charge is 2.34. The Morgan fingerprint density at radius 1 is 1.41 bits per heavy atom. The SMILES string of the molecule is CC[C@@H](C(=O)NC1CCN(C)CC1)N(c1cc(Cl)ccc1OC)S(C)(=O)=O. The summed E-state index contributed by atoms with van der Waals surface area (Å²) in [7, 11) is -0.251. The third-order valence-electron chi connectivity index (χ3n) is 4.77. The first-order chi connectivity index (χ1) is 12.7. The zero-order valence-electron chi connectivity index (χ0n) is 16.2. The molecule has 7 nitrogen and oxygen atoms in total. The van der Waals surface area contributed by atoms with Gasteiger partial charge < -0.3 is 15.0 Å². The van der Waals surface area contributed by atoms with E-state index in [1.165, 1.54) is 13.2 Å². The van der Waals surface area contributed by atoms with Crippen LogP contribution in [-0.2, 0) is 14.8 Å². The lowest BCUT2D eigenvalue weighted by Gasteiger charge is -2.34. The Labute approximate surface area is 166 Å². The van der Waals surface area contributed by atoms with Crippen LogP contribution >= 0.6 is 11.6 Å². The highest BCUT2D eigenvalue weighted by atomic mass is 35.5. The number of sulfonamides is 1. The second-order valence-corrected chi connectivity index (χ2v) is 9.18. The molecular weight excluding hydrogens is 390 g/mol. The van der Waals surface area contributed by atoms with Crippen LogP contribution in [0.3, 0.4) is 0 Å².